The molecule has 0 bridgehead atoms. The summed E-state index contributed by atoms with van der Waals surface area (Å²) in [5.74, 6) is -0.936. The van der Waals surface area contributed by atoms with Gasteiger partial charge in [-0.05, 0) is 26.7 Å². The molecule has 17 heavy (non-hydrogen) atoms. The van der Waals surface area contributed by atoms with E-state index < -0.39 is 5.97 Å². The van der Waals surface area contributed by atoms with Crippen molar-refractivity contribution in [3.63, 3.8) is 0 Å². The van der Waals surface area contributed by atoms with E-state index in [-0.39, 0.29) is 18.4 Å². The zero-order valence-corrected chi connectivity index (χ0v) is 10.7. The van der Waals surface area contributed by atoms with E-state index in [1.807, 2.05) is 6.92 Å². The number of aromatic nitrogens is 1. The maximum absolute atomic E-state index is 11.8. The Hall–Kier alpha value is -1.43. The molecule has 0 aliphatic carbocycles. The molecule has 0 aliphatic rings. The molecule has 0 fully saturated rings. The van der Waals surface area contributed by atoms with Gasteiger partial charge in [0.2, 0.25) is 0 Å². The first-order chi connectivity index (χ1) is 8.00. The molecule has 1 amide bonds. The second-order valence-corrected chi connectivity index (χ2v) is 4.78. The molecule has 0 aromatic carbocycles. The molecule has 2 N–H and O–H groups in total. The number of rotatable bonds is 6. The summed E-state index contributed by atoms with van der Waals surface area (Å²) < 4.78 is 0. The van der Waals surface area contributed by atoms with Crippen molar-refractivity contribution in [1.82, 2.24) is 10.3 Å². The third-order valence-electron chi connectivity index (χ3n) is 2.36. The number of amides is 1. The molecule has 94 valence electrons. The summed E-state index contributed by atoms with van der Waals surface area (Å²) in [6.07, 6.45) is 1.37. The molecule has 1 rings (SSSR count). The first-order valence-corrected chi connectivity index (χ1v) is 6.31. The standard InChI is InChI=1S/C11H16N2O3S/c1-7(4-3-5-9(14)15)13-11(16)10-8(2)12-6-17-10/h6-7H,3-5H2,1-2H3,(H,13,16)(H,14,15). The zero-order chi connectivity index (χ0) is 12.8. The molecule has 0 spiro atoms. The lowest BCUT2D eigenvalue weighted by Gasteiger charge is -2.12. The predicted molar refractivity (Wildman–Crippen MR) is 65.3 cm³/mol. The Kier molecular flexibility index (Phi) is 5.09. The first-order valence-electron chi connectivity index (χ1n) is 5.43. The van der Waals surface area contributed by atoms with Gasteiger partial charge >= 0.3 is 5.97 Å². The van der Waals surface area contributed by atoms with E-state index in [9.17, 15) is 9.59 Å². The van der Waals surface area contributed by atoms with Crippen molar-refractivity contribution in [2.24, 2.45) is 0 Å². The quantitative estimate of drug-likeness (QED) is 0.813. The Morgan fingerprint density at radius 3 is 2.82 bits per heavy atom. The van der Waals surface area contributed by atoms with Crippen molar-refractivity contribution in [3.05, 3.63) is 16.1 Å². The van der Waals surface area contributed by atoms with Crippen LogP contribution in [0.4, 0.5) is 0 Å². The molecular formula is C11H16N2O3S. The maximum Gasteiger partial charge on any atom is 0.303 e. The third kappa shape index (κ3) is 4.52. The van der Waals surface area contributed by atoms with Crippen LogP contribution in [-0.4, -0.2) is 28.0 Å². The van der Waals surface area contributed by atoms with Crippen LogP contribution in [0.3, 0.4) is 0 Å². The highest BCUT2D eigenvalue weighted by Crippen LogP contribution is 2.12. The highest BCUT2D eigenvalue weighted by Gasteiger charge is 2.14. The lowest BCUT2D eigenvalue weighted by atomic mass is 10.1. The first kappa shape index (κ1) is 13.6. The van der Waals surface area contributed by atoms with Crippen LogP contribution >= 0.6 is 11.3 Å². The number of carboxylic acid groups (broad SMARTS) is 1. The van der Waals surface area contributed by atoms with Crippen molar-refractivity contribution in [1.29, 1.82) is 0 Å². The largest absolute Gasteiger partial charge is 0.481 e. The molecule has 6 heteroatoms. The van der Waals surface area contributed by atoms with Crippen LogP contribution in [0.25, 0.3) is 0 Å². The van der Waals surface area contributed by atoms with Gasteiger partial charge in [-0.15, -0.1) is 11.3 Å². The van der Waals surface area contributed by atoms with E-state index in [2.05, 4.69) is 10.3 Å². The van der Waals surface area contributed by atoms with Gasteiger partial charge in [-0.1, -0.05) is 0 Å². The van der Waals surface area contributed by atoms with Gasteiger partial charge in [0.1, 0.15) is 4.88 Å². The molecule has 1 aromatic heterocycles. The number of aryl methyl sites for hydroxylation is 1. The minimum Gasteiger partial charge on any atom is -0.481 e. The van der Waals surface area contributed by atoms with E-state index in [0.717, 1.165) is 5.69 Å². The van der Waals surface area contributed by atoms with Gasteiger partial charge in [-0.3, -0.25) is 9.59 Å². The molecule has 0 radical (unpaired) electrons. The Morgan fingerprint density at radius 2 is 2.29 bits per heavy atom. The number of carbonyl (C=O) groups excluding carboxylic acids is 1. The van der Waals surface area contributed by atoms with Crippen molar-refractivity contribution >= 4 is 23.2 Å². The number of nitrogens with zero attached hydrogens (tertiary/aromatic N) is 1. The summed E-state index contributed by atoms with van der Waals surface area (Å²) in [6, 6.07) is -0.0247. The summed E-state index contributed by atoms with van der Waals surface area (Å²) in [6.45, 7) is 3.66. The fourth-order valence-corrected chi connectivity index (χ4v) is 2.15. The van der Waals surface area contributed by atoms with E-state index in [0.29, 0.717) is 17.7 Å². The van der Waals surface area contributed by atoms with E-state index in [4.69, 9.17) is 5.11 Å². The van der Waals surface area contributed by atoms with Gasteiger partial charge in [0.25, 0.3) is 5.91 Å². The number of carbonyl (C=O) groups is 2. The molecule has 0 saturated heterocycles. The summed E-state index contributed by atoms with van der Waals surface area (Å²) >= 11 is 1.31. The maximum atomic E-state index is 11.8. The Balaban J connectivity index is 2.36. The second kappa shape index (κ2) is 6.34. The van der Waals surface area contributed by atoms with Crippen molar-refractivity contribution in [2.45, 2.75) is 39.2 Å². The van der Waals surface area contributed by atoms with E-state index in [1.165, 1.54) is 11.3 Å². The summed E-state index contributed by atoms with van der Waals surface area (Å²) in [5, 5.41) is 11.3. The zero-order valence-electron chi connectivity index (χ0n) is 9.90. The minimum absolute atomic E-state index is 0.0247. The molecule has 1 unspecified atom stereocenters. The second-order valence-electron chi connectivity index (χ2n) is 3.93. The SMILES string of the molecule is Cc1ncsc1C(=O)NC(C)CCCC(=O)O. The monoisotopic (exact) mass is 256 g/mol. The lowest BCUT2D eigenvalue weighted by Crippen LogP contribution is -2.32. The molecule has 0 aliphatic heterocycles. The van der Waals surface area contributed by atoms with Gasteiger partial charge in [0, 0.05) is 12.5 Å². The molecular weight excluding hydrogens is 240 g/mol. The average molecular weight is 256 g/mol. The lowest BCUT2D eigenvalue weighted by molar-refractivity contribution is -0.137. The molecule has 0 saturated carbocycles. The third-order valence-corrected chi connectivity index (χ3v) is 3.28. The van der Waals surface area contributed by atoms with Gasteiger partial charge in [0.15, 0.2) is 0 Å². The fourth-order valence-electron chi connectivity index (χ4n) is 1.44. The number of hydrogen-bond acceptors (Lipinski definition) is 4. The van der Waals surface area contributed by atoms with Crippen LogP contribution < -0.4 is 5.32 Å². The highest BCUT2D eigenvalue weighted by molar-refractivity contribution is 7.11. The smallest absolute Gasteiger partial charge is 0.303 e. The molecule has 1 atom stereocenters. The normalized spacial score (nSPS) is 12.1. The molecule has 5 nitrogen and oxygen atoms in total. The van der Waals surface area contributed by atoms with Crippen LogP contribution in [-0.2, 0) is 4.79 Å². The summed E-state index contributed by atoms with van der Waals surface area (Å²) in [5.41, 5.74) is 2.37. The van der Waals surface area contributed by atoms with Gasteiger partial charge < -0.3 is 10.4 Å². The molecule has 1 aromatic rings. The van der Waals surface area contributed by atoms with Crippen LogP contribution in [0.1, 0.15) is 41.6 Å². The predicted octanol–water partition coefficient (Wildman–Crippen LogP) is 1.82. The number of hydrogen-bond donors (Lipinski definition) is 2. The van der Waals surface area contributed by atoms with Gasteiger partial charge in [0.05, 0.1) is 11.2 Å². The number of nitrogens with one attached hydrogen (secondary N) is 1. The van der Waals surface area contributed by atoms with Crippen LogP contribution in [0.2, 0.25) is 0 Å². The van der Waals surface area contributed by atoms with Crippen molar-refractivity contribution < 1.29 is 14.7 Å². The average Bonchev–Trinajstić information content (AvgIpc) is 2.63. The van der Waals surface area contributed by atoms with Gasteiger partial charge in [-0.2, -0.15) is 0 Å². The number of aliphatic carboxylic acids is 1. The fraction of sp³-hybridized carbons (Fsp3) is 0.545. The summed E-state index contributed by atoms with van der Waals surface area (Å²) in [7, 11) is 0. The molecule has 1 heterocycles. The number of thiazole rings is 1. The van der Waals surface area contributed by atoms with Gasteiger partial charge in [-0.25, -0.2) is 4.98 Å². The van der Waals surface area contributed by atoms with Crippen molar-refractivity contribution in [3.8, 4) is 0 Å². The topological polar surface area (TPSA) is 79.3 Å². The number of carboxylic acids is 1. The van der Waals surface area contributed by atoms with E-state index in [1.54, 1.807) is 12.4 Å². The van der Waals surface area contributed by atoms with Crippen LogP contribution in [0, 0.1) is 6.92 Å². The minimum atomic E-state index is -0.804. The van der Waals surface area contributed by atoms with E-state index >= 15 is 0 Å². The summed E-state index contributed by atoms with van der Waals surface area (Å²) in [4.78, 5) is 26.7. The Morgan fingerprint density at radius 1 is 1.59 bits per heavy atom. The van der Waals surface area contributed by atoms with Crippen molar-refractivity contribution in [2.75, 3.05) is 0 Å². The Labute approximate surface area is 104 Å². The van der Waals surface area contributed by atoms with Crippen LogP contribution in [0.5, 0.6) is 0 Å². The van der Waals surface area contributed by atoms with Crippen LogP contribution in [0.15, 0.2) is 5.51 Å². The highest BCUT2D eigenvalue weighted by atomic mass is 32.1. The Bertz CT molecular complexity index is 403.